The van der Waals surface area contributed by atoms with E-state index in [-0.39, 0.29) is 17.6 Å². The molecular weight excluding hydrogens is 272 g/mol. The van der Waals surface area contributed by atoms with E-state index in [0.717, 1.165) is 17.5 Å². The minimum atomic E-state index is -0.727. The molecule has 0 spiro atoms. The smallest absolute Gasteiger partial charge is 0.290 e. The number of hydrogen-bond donors (Lipinski definition) is 2. The van der Waals surface area contributed by atoms with Gasteiger partial charge < -0.3 is 15.5 Å². The summed E-state index contributed by atoms with van der Waals surface area (Å²) >= 11 is 0. The lowest BCUT2D eigenvalue weighted by Crippen LogP contribution is -2.38. The molecule has 2 heterocycles. The van der Waals surface area contributed by atoms with Crippen LogP contribution in [0.4, 0.5) is 5.69 Å². The van der Waals surface area contributed by atoms with Gasteiger partial charge in [0.1, 0.15) is 17.4 Å². The minimum Gasteiger partial charge on any atom is -0.463 e. The molecule has 3 rings (SSSR count). The van der Waals surface area contributed by atoms with Crippen molar-refractivity contribution in [2.24, 2.45) is 0 Å². The van der Waals surface area contributed by atoms with E-state index in [0.29, 0.717) is 11.5 Å². The van der Waals surface area contributed by atoms with Crippen molar-refractivity contribution < 1.29 is 9.21 Å². The second-order valence-corrected chi connectivity index (χ2v) is 5.17. The first-order chi connectivity index (χ1) is 10.1. The number of nitrogens with one attached hydrogen (secondary N) is 1. The summed E-state index contributed by atoms with van der Waals surface area (Å²) in [6.45, 7) is 1.62. The first-order valence-electron chi connectivity index (χ1n) is 6.80. The zero-order valence-electron chi connectivity index (χ0n) is 11.6. The van der Waals surface area contributed by atoms with E-state index in [1.807, 2.05) is 0 Å². The van der Waals surface area contributed by atoms with Gasteiger partial charge in [-0.05, 0) is 38.0 Å². The van der Waals surface area contributed by atoms with Gasteiger partial charge in [0.05, 0.1) is 6.26 Å². The van der Waals surface area contributed by atoms with E-state index < -0.39 is 11.6 Å². The predicted molar refractivity (Wildman–Crippen MR) is 76.5 cm³/mol. The van der Waals surface area contributed by atoms with Crippen molar-refractivity contribution in [1.29, 1.82) is 0 Å². The van der Waals surface area contributed by atoms with Crippen LogP contribution in [0.25, 0.3) is 11.5 Å². The number of amides is 1. The standard InChI is InChI=1S/C14H16N4O3/c1-8(13(19)16-9-4-5-9)18-14(20)10(15)7-11(17-18)12-3-2-6-21-12/h2-3,6-9H,4-5,15H2,1H3,(H,16,19). The van der Waals surface area contributed by atoms with Crippen LogP contribution in [0.1, 0.15) is 25.8 Å². The summed E-state index contributed by atoms with van der Waals surface area (Å²) in [7, 11) is 0. The quantitative estimate of drug-likeness (QED) is 0.871. The summed E-state index contributed by atoms with van der Waals surface area (Å²) in [5.41, 5.74) is 5.70. The molecule has 0 bridgehead atoms. The maximum absolute atomic E-state index is 12.1. The third kappa shape index (κ3) is 2.67. The van der Waals surface area contributed by atoms with Gasteiger partial charge in [0.25, 0.3) is 5.56 Å². The van der Waals surface area contributed by atoms with Crippen molar-refractivity contribution in [2.45, 2.75) is 31.8 Å². The number of carbonyl (C=O) groups excluding carboxylic acids is 1. The normalized spacial score (nSPS) is 15.7. The van der Waals surface area contributed by atoms with Crippen LogP contribution in [0.2, 0.25) is 0 Å². The van der Waals surface area contributed by atoms with Gasteiger partial charge >= 0.3 is 0 Å². The van der Waals surface area contributed by atoms with Gasteiger partial charge in [0, 0.05) is 6.04 Å². The van der Waals surface area contributed by atoms with Gasteiger partial charge in [-0.15, -0.1) is 0 Å². The van der Waals surface area contributed by atoms with Crippen LogP contribution in [-0.2, 0) is 4.79 Å². The molecule has 110 valence electrons. The number of furan rings is 1. The van der Waals surface area contributed by atoms with E-state index in [2.05, 4.69) is 10.4 Å². The van der Waals surface area contributed by atoms with Crippen molar-refractivity contribution in [2.75, 3.05) is 5.73 Å². The van der Waals surface area contributed by atoms with Crippen LogP contribution >= 0.6 is 0 Å². The molecule has 0 saturated heterocycles. The largest absolute Gasteiger partial charge is 0.463 e. The highest BCUT2D eigenvalue weighted by atomic mass is 16.3. The van der Waals surface area contributed by atoms with Crippen molar-refractivity contribution >= 4 is 11.6 Å². The molecule has 0 radical (unpaired) electrons. The molecule has 1 atom stereocenters. The van der Waals surface area contributed by atoms with Crippen LogP contribution < -0.4 is 16.6 Å². The minimum absolute atomic E-state index is 0.0301. The Balaban J connectivity index is 1.96. The zero-order valence-corrected chi connectivity index (χ0v) is 11.6. The average Bonchev–Trinajstić information content (AvgIpc) is 3.10. The molecule has 1 fully saturated rings. The number of rotatable bonds is 4. The second-order valence-electron chi connectivity index (χ2n) is 5.17. The van der Waals surface area contributed by atoms with Crippen molar-refractivity contribution in [3.8, 4) is 11.5 Å². The molecule has 2 aromatic rings. The van der Waals surface area contributed by atoms with Crippen LogP contribution in [0.15, 0.2) is 33.7 Å². The Hall–Kier alpha value is -2.57. The lowest BCUT2D eigenvalue weighted by molar-refractivity contribution is -0.124. The van der Waals surface area contributed by atoms with E-state index >= 15 is 0 Å². The van der Waals surface area contributed by atoms with Gasteiger partial charge in [0.15, 0.2) is 5.76 Å². The highest BCUT2D eigenvalue weighted by molar-refractivity contribution is 5.80. The maximum Gasteiger partial charge on any atom is 0.290 e. The Morgan fingerprint density at radius 1 is 1.57 bits per heavy atom. The fraction of sp³-hybridized carbons (Fsp3) is 0.357. The Morgan fingerprint density at radius 2 is 2.33 bits per heavy atom. The summed E-state index contributed by atoms with van der Waals surface area (Å²) in [5, 5.41) is 7.04. The number of nitrogens with two attached hydrogens (primary N) is 1. The summed E-state index contributed by atoms with van der Waals surface area (Å²) in [6.07, 6.45) is 3.47. The lowest BCUT2D eigenvalue weighted by atomic mass is 10.2. The van der Waals surface area contributed by atoms with Crippen LogP contribution in [-0.4, -0.2) is 21.7 Å². The predicted octanol–water partition coefficient (Wildman–Crippen LogP) is 0.925. The lowest BCUT2D eigenvalue weighted by Gasteiger charge is -2.15. The van der Waals surface area contributed by atoms with Gasteiger partial charge in [-0.25, -0.2) is 4.68 Å². The maximum atomic E-state index is 12.1. The first kappa shape index (κ1) is 13.4. The highest BCUT2D eigenvalue weighted by Crippen LogP contribution is 2.21. The molecule has 0 aliphatic heterocycles. The average molecular weight is 288 g/mol. The van der Waals surface area contributed by atoms with E-state index in [1.165, 1.54) is 12.3 Å². The number of nitrogen functional groups attached to an aromatic ring is 1. The Morgan fingerprint density at radius 3 is 2.95 bits per heavy atom. The molecular formula is C14H16N4O3. The van der Waals surface area contributed by atoms with Crippen molar-refractivity contribution in [1.82, 2.24) is 15.1 Å². The summed E-state index contributed by atoms with van der Waals surface area (Å²) in [4.78, 5) is 24.2. The molecule has 7 nitrogen and oxygen atoms in total. The van der Waals surface area contributed by atoms with E-state index in [9.17, 15) is 9.59 Å². The third-order valence-electron chi connectivity index (χ3n) is 3.41. The molecule has 1 saturated carbocycles. The van der Waals surface area contributed by atoms with Crippen molar-refractivity contribution in [3.05, 3.63) is 34.8 Å². The molecule has 3 N–H and O–H groups in total. The van der Waals surface area contributed by atoms with Crippen LogP contribution in [0, 0.1) is 0 Å². The number of anilines is 1. The van der Waals surface area contributed by atoms with Crippen LogP contribution in [0.3, 0.4) is 0 Å². The Kier molecular flexibility index (Phi) is 3.25. The summed E-state index contributed by atoms with van der Waals surface area (Å²) in [5.74, 6) is 0.258. The molecule has 0 aromatic carbocycles. The fourth-order valence-corrected chi connectivity index (χ4v) is 2.00. The molecule has 1 aliphatic carbocycles. The second kappa shape index (κ2) is 5.08. The van der Waals surface area contributed by atoms with Gasteiger partial charge in [-0.2, -0.15) is 5.10 Å². The summed E-state index contributed by atoms with van der Waals surface area (Å²) in [6, 6.07) is 4.37. The molecule has 1 aliphatic rings. The van der Waals surface area contributed by atoms with E-state index in [4.69, 9.17) is 10.2 Å². The third-order valence-corrected chi connectivity index (χ3v) is 3.41. The van der Waals surface area contributed by atoms with Crippen LogP contribution in [0.5, 0.6) is 0 Å². The van der Waals surface area contributed by atoms with Gasteiger partial charge in [0.2, 0.25) is 5.91 Å². The zero-order chi connectivity index (χ0) is 15.0. The SMILES string of the molecule is CC(C(=O)NC1CC1)n1nc(-c2ccco2)cc(N)c1=O. The number of nitrogens with zero attached hydrogens (tertiary/aromatic N) is 2. The molecule has 2 aromatic heterocycles. The Labute approximate surface area is 120 Å². The van der Waals surface area contributed by atoms with Crippen molar-refractivity contribution in [3.63, 3.8) is 0 Å². The Bertz CT molecular complexity index is 716. The number of hydrogen-bond acceptors (Lipinski definition) is 5. The fourth-order valence-electron chi connectivity index (χ4n) is 2.00. The molecule has 1 amide bonds. The van der Waals surface area contributed by atoms with Gasteiger partial charge in [-0.1, -0.05) is 0 Å². The molecule has 1 unspecified atom stereocenters. The van der Waals surface area contributed by atoms with Gasteiger partial charge in [-0.3, -0.25) is 9.59 Å². The highest BCUT2D eigenvalue weighted by Gasteiger charge is 2.27. The summed E-state index contributed by atoms with van der Waals surface area (Å²) < 4.78 is 6.35. The van der Waals surface area contributed by atoms with E-state index in [1.54, 1.807) is 19.1 Å². The topological polar surface area (TPSA) is 103 Å². The number of carbonyl (C=O) groups is 1. The molecule has 21 heavy (non-hydrogen) atoms. The molecule has 7 heteroatoms. The monoisotopic (exact) mass is 288 g/mol. The number of aromatic nitrogens is 2. The first-order valence-corrected chi connectivity index (χ1v) is 6.80.